The van der Waals surface area contributed by atoms with E-state index in [9.17, 15) is 5.11 Å². The molecule has 0 aromatic heterocycles. The first-order valence-electron chi connectivity index (χ1n) is 4.72. The molecule has 0 aliphatic carbocycles. The molecule has 0 spiro atoms. The molecule has 0 aromatic carbocycles. The fourth-order valence-corrected chi connectivity index (χ4v) is 1.31. The first-order chi connectivity index (χ1) is 5.77. The van der Waals surface area contributed by atoms with Crippen LogP contribution >= 0.6 is 0 Å². The highest BCUT2D eigenvalue weighted by Crippen LogP contribution is 2.17. The van der Waals surface area contributed by atoms with E-state index in [4.69, 9.17) is 4.74 Å². The molecule has 0 bridgehead atoms. The normalized spacial score (nSPS) is 29.0. The Bertz CT molecular complexity index is 95.2. The average molecular weight is 175 g/mol. The van der Waals surface area contributed by atoms with Crippen molar-refractivity contribution < 1.29 is 9.84 Å². The largest absolute Gasteiger partial charge is 0.386 e. The van der Waals surface area contributed by atoms with Crippen LogP contribution < -0.4 is 5.32 Å². The minimum absolute atomic E-state index is 0.480. The van der Waals surface area contributed by atoms with Crippen molar-refractivity contribution in [2.75, 3.05) is 26.8 Å². The topological polar surface area (TPSA) is 41.5 Å². The molecule has 0 amide bonds. The Morgan fingerprint density at radius 3 is 2.58 bits per heavy atom. The standard InChI is InChI=1S/C7H15NO2.C2H6/c1-8-5-7(9)3-2-4-10-6-7;1-2/h8-9H,2-6H2,1H3;1-2H3. The monoisotopic (exact) mass is 175 g/mol. The lowest BCUT2D eigenvalue weighted by Crippen LogP contribution is -2.46. The smallest absolute Gasteiger partial charge is 0.100 e. The molecule has 1 saturated heterocycles. The molecule has 1 fully saturated rings. The predicted molar refractivity (Wildman–Crippen MR) is 50.3 cm³/mol. The van der Waals surface area contributed by atoms with Gasteiger partial charge in [0.25, 0.3) is 0 Å². The molecule has 0 aromatic rings. The Morgan fingerprint density at radius 2 is 2.17 bits per heavy atom. The van der Waals surface area contributed by atoms with Crippen molar-refractivity contribution in [3.63, 3.8) is 0 Å². The molecule has 12 heavy (non-hydrogen) atoms. The van der Waals surface area contributed by atoms with E-state index in [1.165, 1.54) is 0 Å². The van der Waals surface area contributed by atoms with Gasteiger partial charge in [0.2, 0.25) is 0 Å². The van der Waals surface area contributed by atoms with E-state index in [0.29, 0.717) is 13.2 Å². The van der Waals surface area contributed by atoms with Crippen molar-refractivity contribution in [3.05, 3.63) is 0 Å². The lowest BCUT2D eigenvalue weighted by molar-refractivity contribution is -0.0823. The van der Waals surface area contributed by atoms with E-state index < -0.39 is 5.60 Å². The van der Waals surface area contributed by atoms with Gasteiger partial charge in [-0.1, -0.05) is 13.8 Å². The van der Waals surface area contributed by atoms with Gasteiger partial charge in [-0.05, 0) is 19.9 Å². The van der Waals surface area contributed by atoms with E-state index in [-0.39, 0.29) is 0 Å². The highest BCUT2D eigenvalue weighted by atomic mass is 16.5. The van der Waals surface area contributed by atoms with Crippen LogP contribution in [-0.2, 0) is 4.74 Å². The summed E-state index contributed by atoms with van der Waals surface area (Å²) in [4.78, 5) is 0. The summed E-state index contributed by atoms with van der Waals surface area (Å²) in [5.74, 6) is 0. The number of hydrogen-bond acceptors (Lipinski definition) is 3. The van der Waals surface area contributed by atoms with Gasteiger partial charge in [-0.15, -0.1) is 0 Å². The second kappa shape index (κ2) is 6.40. The van der Waals surface area contributed by atoms with Crippen LogP contribution in [0.25, 0.3) is 0 Å². The number of nitrogens with one attached hydrogen (secondary N) is 1. The van der Waals surface area contributed by atoms with Gasteiger partial charge in [0.15, 0.2) is 0 Å². The predicted octanol–water partition coefficient (Wildman–Crippen LogP) is 0.773. The lowest BCUT2D eigenvalue weighted by Gasteiger charge is -2.31. The lowest BCUT2D eigenvalue weighted by atomic mass is 9.97. The van der Waals surface area contributed by atoms with Gasteiger partial charge in [-0.25, -0.2) is 0 Å². The Hall–Kier alpha value is -0.120. The van der Waals surface area contributed by atoms with Gasteiger partial charge in [0.1, 0.15) is 5.60 Å². The molecule has 74 valence electrons. The Morgan fingerprint density at radius 1 is 1.50 bits per heavy atom. The van der Waals surface area contributed by atoms with E-state index in [1.807, 2.05) is 20.9 Å². The molecular weight excluding hydrogens is 154 g/mol. The van der Waals surface area contributed by atoms with Crippen LogP contribution in [0.2, 0.25) is 0 Å². The van der Waals surface area contributed by atoms with E-state index >= 15 is 0 Å². The fourth-order valence-electron chi connectivity index (χ4n) is 1.31. The molecule has 1 aliphatic heterocycles. The summed E-state index contributed by atoms with van der Waals surface area (Å²) in [5.41, 5.74) is -0.604. The van der Waals surface area contributed by atoms with Crippen LogP contribution in [0.3, 0.4) is 0 Å². The zero-order chi connectivity index (χ0) is 9.45. The third-order valence-corrected chi connectivity index (χ3v) is 1.81. The van der Waals surface area contributed by atoms with Crippen molar-refractivity contribution in [2.24, 2.45) is 0 Å². The van der Waals surface area contributed by atoms with Gasteiger partial charge < -0.3 is 15.2 Å². The van der Waals surface area contributed by atoms with Crippen molar-refractivity contribution in [1.82, 2.24) is 5.32 Å². The molecule has 1 unspecified atom stereocenters. The summed E-state index contributed by atoms with van der Waals surface area (Å²) in [6.45, 7) is 5.91. The number of hydrogen-bond donors (Lipinski definition) is 2. The molecular formula is C9H21NO2. The second-order valence-corrected chi connectivity index (χ2v) is 2.91. The first-order valence-corrected chi connectivity index (χ1v) is 4.72. The van der Waals surface area contributed by atoms with Crippen LogP contribution in [0.4, 0.5) is 0 Å². The zero-order valence-corrected chi connectivity index (χ0v) is 8.39. The van der Waals surface area contributed by atoms with Crippen molar-refractivity contribution in [2.45, 2.75) is 32.3 Å². The summed E-state index contributed by atoms with van der Waals surface area (Å²) in [7, 11) is 1.84. The summed E-state index contributed by atoms with van der Waals surface area (Å²) in [6.07, 6.45) is 1.83. The molecule has 1 rings (SSSR count). The van der Waals surface area contributed by atoms with Crippen molar-refractivity contribution >= 4 is 0 Å². The highest BCUT2D eigenvalue weighted by molar-refractivity contribution is 4.82. The third kappa shape index (κ3) is 4.04. The van der Waals surface area contributed by atoms with E-state index in [2.05, 4.69) is 5.32 Å². The Labute approximate surface area is 75.1 Å². The molecule has 3 nitrogen and oxygen atoms in total. The summed E-state index contributed by atoms with van der Waals surface area (Å²) < 4.78 is 5.15. The summed E-state index contributed by atoms with van der Waals surface area (Å²) >= 11 is 0. The maximum absolute atomic E-state index is 9.68. The molecule has 1 heterocycles. The number of ether oxygens (including phenoxy) is 1. The maximum Gasteiger partial charge on any atom is 0.100 e. The Balaban J connectivity index is 0.000000561. The van der Waals surface area contributed by atoms with Crippen LogP contribution in [0.1, 0.15) is 26.7 Å². The molecule has 1 atom stereocenters. The van der Waals surface area contributed by atoms with Gasteiger partial charge in [0.05, 0.1) is 6.61 Å². The molecule has 1 aliphatic rings. The van der Waals surface area contributed by atoms with Crippen molar-refractivity contribution in [1.29, 1.82) is 0 Å². The molecule has 3 heteroatoms. The van der Waals surface area contributed by atoms with Gasteiger partial charge in [-0.2, -0.15) is 0 Å². The van der Waals surface area contributed by atoms with Crippen LogP contribution in [0.15, 0.2) is 0 Å². The molecule has 2 N–H and O–H groups in total. The minimum atomic E-state index is -0.604. The number of aliphatic hydroxyl groups is 1. The van der Waals surface area contributed by atoms with E-state index in [1.54, 1.807) is 0 Å². The number of likely N-dealkylation sites (N-methyl/N-ethyl adjacent to an activating group) is 1. The highest BCUT2D eigenvalue weighted by Gasteiger charge is 2.28. The average Bonchev–Trinajstić information content (AvgIpc) is 2.09. The first kappa shape index (κ1) is 11.9. The Kier molecular flexibility index (Phi) is 6.34. The zero-order valence-electron chi connectivity index (χ0n) is 8.39. The van der Waals surface area contributed by atoms with Crippen LogP contribution in [0.5, 0.6) is 0 Å². The van der Waals surface area contributed by atoms with E-state index in [0.717, 1.165) is 19.4 Å². The maximum atomic E-state index is 9.68. The fraction of sp³-hybridized carbons (Fsp3) is 1.00. The van der Waals surface area contributed by atoms with Crippen LogP contribution in [-0.4, -0.2) is 37.5 Å². The van der Waals surface area contributed by atoms with Gasteiger partial charge in [0, 0.05) is 13.2 Å². The summed E-state index contributed by atoms with van der Waals surface area (Å²) in [5, 5.41) is 12.6. The van der Waals surface area contributed by atoms with Gasteiger partial charge >= 0.3 is 0 Å². The van der Waals surface area contributed by atoms with Gasteiger partial charge in [-0.3, -0.25) is 0 Å². The minimum Gasteiger partial charge on any atom is -0.386 e. The second-order valence-electron chi connectivity index (χ2n) is 2.91. The third-order valence-electron chi connectivity index (χ3n) is 1.81. The quantitative estimate of drug-likeness (QED) is 0.651. The summed E-state index contributed by atoms with van der Waals surface area (Å²) in [6, 6.07) is 0. The van der Waals surface area contributed by atoms with Crippen molar-refractivity contribution in [3.8, 4) is 0 Å². The SMILES string of the molecule is CC.CNCC1(O)CCCOC1. The molecule has 0 saturated carbocycles. The molecule has 0 radical (unpaired) electrons. The number of rotatable bonds is 2. The van der Waals surface area contributed by atoms with Crippen LogP contribution in [0, 0.1) is 0 Å².